The number of methoxy groups -OCH3 is 1. The topological polar surface area (TPSA) is 30.5 Å². The van der Waals surface area contributed by atoms with E-state index >= 15 is 0 Å². The molecular weight excluding hydrogens is 202 g/mol. The molecule has 1 aliphatic heterocycles. The van der Waals surface area contributed by atoms with Crippen LogP contribution < -0.4 is 5.32 Å². The predicted molar refractivity (Wildman–Crippen MR) is 66.6 cm³/mol. The molecule has 0 saturated carbocycles. The molecule has 1 N–H and O–H groups in total. The molecule has 0 spiro atoms. The van der Waals surface area contributed by atoms with Gasteiger partial charge in [-0.3, -0.25) is 0 Å². The van der Waals surface area contributed by atoms with Gasteiger partial charge in [-0.25, -0.2) is 0 Å². The zero-order chi connectivity index (χ0) is 12.0. The summed E-state index contributed by atoms with van der Waals surface area (Å²) in [5.74, 6) is 1.31. The third-order valence-corrected chi connectivity index (χ3v) is 3.40. The molecule has 3 heteroatoms. The van der Waals surface area contributed by atoms with Gasteiger partial charge in [0.1, 0.15) is 0 Å². The molecule has 1 rings (SSSR count). The zero-order valence-corrected chi connectivity index (χ0v) is 11.2. The summed E-state index contributed by atoms with van der Waals surface area (Å²) in [6.45, 7) is 9.56. The van der Waals surface area contributed by atoms with Crippen molar-refractivity contribution in [1.82, 2.24) is 5.32 Å². The number of ether oxygens (including phenoxy) is 2. The normalized spacial score (nSPS) is 27.6. The first-order valence-corrected chi connectivity index (χ1v) is 6.49. The molecule has 0 radical (unpaired) electrons. The van der Waals surface area contributed by atoms with Gasteiger partial charge in [0.05, 0.1) is 6.10 Å². The second-order valence-electron chi connectivity index (χ2n) is 5.22. The monoisotopic (exact) mass is 229 g/mol. The summed E-state index contributed by atoms with van der Waals surface area (Å²) in [5.41, 5.74) is 0. The Kier molecular flexibility index (Phi) is 6.32. The smallest absolute Gasteiger partial charge is 0.0639 e. The summed E-state index contributed by atoms with van der Waals surface area (Å²) in [6.07, 6.45) is 2.73. The van der Waals surface area contributed by atoms with Crippen LogP contribution in [-0.2, 0) is 9.47 Å². The van der Waals surface area contributed by atoms with Gasteiger partial charge in [0.2, 0.25) is 0 Å². The Balaban J connectivity index is 2.20. The van der Waals surface area contributed by atoms with Crippen molar-refractivity contribution in [2.45, 2.75) is 45.8 Å². The standard InChI is InChI=1S/C13H27NO2/c1-10(2)13-12(6-8-16-13)9-14-11(3)5-7-15-4/h10-14H,5-9H2,1-4H3. The maximum absolute atomic E-state index is 5.78. The molecule has 1 fully saturated rings. The molecule has 0 amide bonds. The lowest BCUT2D eigenvalue weighted by Gasteiger charge is -2.24. The molecule has 0 aromatic heterocycles. The number of nitrogens with one attached hydrogen (secondary N) is 1. The second-order valence-corrected chi connectivity index (χ2v) is 5.22. The van der Waals surface area contributed by atoms with E-state index in [0.717, 1.165) is 26.2 Å². The Morgan fingerprint density at radius 2 is 2.12 bits per heavy atom. The van der Waals surface area contributed by atoms with Gasteiger partial charge in [0, 0.05) is 32.9 Å². The van der Waals surface area contributed by atoms with Crippen molar-refractivity contribution < 1.29 is 9.47 Å². The average Bonchev–Trinajstić information content (AvgIpc) is 2.71. The summed E-state index contributed by atoms with van der Waals surface area (Å²) in [5, 5.41) is 3.58. The minimum atomic E-state index is 0.446. The van der Waals surface area contributed by atoms with Crippen molar-refractivity contribution in [3.8, 4) is 0 Å². The van der Waals surface area contributed by atoms with Gasteiger partial charge in [-0.05, 0) is 31.6 Å². The highest BCUT2D eigenvalue weighted by Gasteiger charge is 2.30. The second kappa shape index (κ2) is 7.25. The molecule has 96 valence electrons. The van der Waals surface area contributed by atoms with Crippen LogP contribution in [0.3, 0.4) is 0 Å². The van der Waals surface area contributed by atoms with Crippen LogP contribution in [0.1, 0.15) is 33.6 Å². The van der Waals surface area contributed by atoms with Crippen molar-refractivity contribution >= 4 is 0 Å². The summed E-state index contributed by atoms with van der Waals surface area (Å²) < 4.78 is 10.9. The summed E-state index contributed by atoms with van der Waals surface area (Å²) in [6, 6.07) is 0.536. The maximum atomic E-state index is 5.78. The Hall–Kier alpha value is -0.120. The van der Waals surface area contributed by atoms with Crippen molar-refractivity contribution in [2.75, 3.05) is 26.9 Å². The van der Waals surface area contributed by atoms with Crippen molar-refractivity contribution in [3.63, 3.8) is 0 Å². The van der Waals surface area contributed by atoms with Crippen LogP contribution in [0.4, 0.5) is 0 Å². The average molecular weight is 229 g/mol. The molecule has 0 aromatic carbocycles. The molecule has 0 bridgehead atoms. The van der Waals surface area contributed by atoms with Crippen molar-refractivity contribution in [1.29, 1.82) is 0 Å². The molecule has 0 aromatic rings. The lowest BCUT2D eigenvalue weighted by atomic mass is 9.93. The first-order valence-electron chi connectivity index (χ1n) is 6.49. The molecule has 1 heterocycles. The molecule has 16 heavy (non-hydrogen) atoms. The lowest BCUT2D eigenvalue weighted by Crippen LogP contribution is -2.36. The van der Waals surface area contributed by atoms with Crippen LogP contribution in [0.25, 0.3) is 0 Å². The fraction of sp³-hybridized carbons (Fsp3) is 1.00. The van der Waals surface area contributed by atoms with Crippen molar-refractivity contribution in [2.24, 2.45) is 11.8 Å². The van der Waals surface area contributed by atoms with E-state index < -0.39 is 0 Å². The summed E-state index contributed by atoms with van der Waals surface area (Å²) in [7, 11) is 1.76. The molecule has 3 nitrogen and oxygen atoms in total. The predicted octanol–water partition coefficient (Wildman–Crippen LogP) is 2.06. The van der Waals surface area contributed by atoms with Gasteiger partial charge in [-0.2, -0.15) is 0 Å². The van der Waals surface area contributed by atoms with Gasteiger partial charge in [0.15, 0.2) is 0 Å². The molecule has 1 aliphatic rings. The third-order valence-electron chi connectivity index (χ3n) is 3.40. The van der Waals surface area contributed by atoms with Crippen LogP contribution in [0, 0.1) is 11.8 Å². The quantitative estimate of drug-likeness (QED) is 0.725. The molecule has 3 unspecified atom stereocenters. The van der Waals surface area contributed by atoms with Crippen LogP contribution in [0.5, 0.6) is 0 Å². The fourth-order valence-electron chi connectivity index (χ4n) is 2.36. The fourth-order valence-corrected chi connectivity index (χ4v) is 2.36. The van der Waals surface area contributed by atoms with E-state index in [1.165, 1.54) is 6.42 Å². The maximum Gasteiger partial charge on any atom is 0.0639 e. The van der Waals surface area contributed by atoms with Crippen LogP contribution in [0.15, 0.2) is 0 Å². The molecule has 0 aliphatic carbocycles. The van der Waals surface area contributed by atoms with E-state index in [-0.39, 0.29) is 0 Å². The van der Waals surface area contributed by atoms with E-state index in [0.29, 0.717) is 24.0 Å². The van der Waals surface area contributed by atoms with Gasteiger partial charge < -0.3 is 14.8 Å². The third kappa shape index (κ3) is 4.40. The highest BCUT2D eigenvalue weighted by atomic mass is 16.5. The zero-order valence-electron chi connectivity index (χ0n) is 11.2. The van der Waals surface area contributed by atoms with E-state index in [2.05, 4.69) is 26.1 Å². The summed E-state index contributed by atoms with van der Waals surface area (Å²) in [4.78, 5) is 0. The minimum absolute atomic E-state index is 0.446. The molecule has 1 saturated heterocycles. The van der Waals surface area contributed by atoms with Gasteiger partial charge >= 0.3 is 0 Å². The van der Waals surface area contributed by atoms with E-state index in [9.17, 15) is 0 Å². The van der Waals surface area contributed by atoms with Crippen LogP contribution in [0.2, 0.25) is 0 Å². The Labute approximate surface area is 99.9 Å². The van der Waals surface area contributed by atoms with E-state index in [1.807, 2.05) is 0 Å². The van der Waals surface area contributed by atoms with Crippen LogP contribution >= 0.6 is 0 Å². The molecular formula is C13H27NO2. The minimum Gasteiger partial charge on any atom is -0.385 e. The van der Waals surface area contributed by atoms with E-state index in [4.69, 9.17) is 9.47 Å². The lowest BCUT2D eigenvalue weighted by molar-refractivity contribution is 0.0532. The summed E-state index contributed by atoms with van der Waals surface area (Å²) >= 11 is 0. The first kappa shape index (κ1) is 13.9. The van der Waals surface area contributed by atoms with E-state index in [1.54, 1.807) is 7.11 Å². The SMILES string of the molecule is COCCC(C)NCC1CCOC1C(C)C. The van der Waals surface area contributed by atoms with Gasteiger partial charge in [-0.1, -0.05) is 13.8 Å². The van der Waals surface area contributed by atoms with Gasteiger partial charge in [-0.15, -0.1) is 0 Å². The Morgan fingerprint density at radius 3 is 2.75 bits per heavy atom. The highest BCUT2D eigenvalue weighted by molar-refractivity contribution is 4.81. The van der Waals surface area contributed by atoms with Gasteiger partial charge in [0.25, 0.3) is 0 Å². The number of hydrogen-bond donors (Lipinski definition) is 1. The number of rotatable bonds is 7. The number of hydrogen-bond acceptors (Lipinski definition) is 3. The first-order chi connectivity index (χ1) is 7.65. The Morgan fingerprint density at radius 1 is 1.38 bits per heavy atom. The molecule has 3 atom stereocenters. The Bertz CT molecular complexity index is 185. The highest BCUT2D eigenvalue weighted by Crippen LogP contribution is 2.26. The van der Waals surface area contributed by atoms with Crippen LogP contribution in [-0.4, -0.2) is 39.0 Å². The van der Waals surface area contributed by atoms with Crippen molar-refractivity contribution in [3.05, 3.63) is 0 Å². The largest absolute Gasteiger partial charge is 0.385 e.